The molecular weight excluding hydrogens is 470 g/mol. The molecule has 0 aliphatic heterocycles. The lowest BCUT2D eigenvalue weighted by molar-refractivity contribution is 0.392. The third-order valence-corrected chi connectivity index (χ3v) is 6.33. The van der Waals surface area contributed by atoms with Gasteiger partial charge in [-0.1, -0.05) is 5.16 Å². The van der Waals surface area contributed by atoms with E-state index in [0.29, 0.717) is 22.7 Å². The number of nitrogens with zero attached hydrogens (tertiary/aromatic N) is 3. The molecule has 1 N–H and O–H groups in total. The van der Waals surface area contributed by atoms with Crippen LogP contribution in [0.4, 0.5) is 14.5 Å². The largest absolute Gasteiger partial charge is 0.495 e. The number of rotatable bonds is 6. The highest BCUT2D eigenvalue weighted by molar-refractivity contribution is 7.92. The van der Waals surface area contributed by atoms with E-state index in [4.69, 9.17) is 9.26 Å². The Morgan fingerprint density at radius 2 is 1.79 bits per heavy atom. The first-order chi connectivity index (χ1) is 16.1. The van der Waals surface area contributed by atoms with Crippen LogP contribution in [0.3, 0.4) is 0 Å². The molecule has 0 amide bonds. The molecule has 0 fully saturated rings. The van der Waals surface area contributed by atoms with E-state index in [0.717, 1.165) is 22.9 Å². The maximum atomic E-state index is 13.5. The van der Waals surface area contributed by atoms with Crippen molar-refractivity contribution in [1.29, 1.82) is 0 Å². The zero-order valence-electron chi connectivity index (χ0n) is 18.2. The molecule has 0 radical (unpaired) electrons. The van der Waals surface area contributed by atoms with Crippen LogP contribution in [0.2, 0.25) is 0 Å². The summed E-state index contributed by atoms with van der Waals surface area (Å²) in [4.78, 5) is 12.2. The van der Waals surface area contributed by atoms with Crippen LogP contribution in [0.1, 0.15) is 11.5 Å². The Labute approximate surface area is 192 Å². The number of halogens is 2. The molecular formula is C22H18F2N4O5S. The molecule has 4 rings (SSSR count). The fourth-order valence-corrected chi connectivity index (χ4v) is 4.57. The van der Waals surface area contributed by atoms with Gasteiger partial charge in [0.15, 0.2) is 17.4 Å². The number of benzene rings is 2. The second-order valence-corrected chi connectivity index (χ2v) is 8.89. The normalized spacial score (nSPS) is 11.4. The smallest absolute Gasteiger partial charge is 0.271 e. The van der Waals surface area contributed by atoms with E-state index in [1.165, 1.54) is 31.4 Å². The van der Waals surface area contributed by atoms with Gasteiger partial charge in [-0.15, -0.1) is 0 Å². The van der Waals surface area contributed by atoms with Crippen molar-refractivity contribution in [1.82, 2.24) is 14.9 Å². The van der Waals surface area contributed by atoms with Crippen LogP contribution in [0.15, 0.2) is 62.7 Å². The van der Waals surface area contributed by atoms with Gasteiger partial charge in [-0.05, 0) is 50.2 Å². The minimum atomic E-state index is -4.28. The highest BCUT2D eigenvalue weighted by Crippen LogP contribution is 2.31. The minimum absolute atomic E-state index is 0.0119. The van der Waals surface area contributed by atoms with Crippen LogP contribution in [-0.4, -0.2) is 30.5 Å². The number of hydrogen-bond donors (Lipinski definition) is 1. The fourth-order valence-electron chi connectivity index (χ4n) is 3.32. The number of ether oxygens (including phenoxy) is 1. The summed E-state index contributed by atoms with van der Waals surface area (Å²) in [5, 5.41) is 8.18. The molecule has 9 nitrogen and oxygen atoms in total. The highest BCUT2D eigenvalue weighted by Gasteiger charge is 2.22. The van der Waals surface area contributed by atoms with Crippen molar-refractivity contribution >= 4 is 15.7 Å². The minimum Gasteiger partial charge on any atom is -0.495 e. The Hall–Kier alpha value is -4.06. The molecule has 2 aromatic heterocycles. The maximum absolute atomic E-state index is 13.5. The van der Waals surface area contributed by atoms with Gasteiger partial charge in [0.1, 0.15) is 22.0 Å². The number of hydrogen-bond acceptors (Lipinski definition) is 7. The summed E-state index contributed by atoms with van der Waals surface area (Å²) in [6, 6.07) is 9.64. The standard InChI is InChI=1S/C22H18F2N4O5S/c1-12-22(13(2)33-26-12)28-21(29)9-7-18(25-28)14-4-8-19(32-3)20(10-14)34(30,31)27-15-5-6-16(23)17(24)11-15/h4-11,27H,1-3H3. The average molecular weight is 488 g/mol. The van der Waals surface area contributed by atoms with Gasteiger partial charge in [-0.2, -0.15) is 9.78 Å². The Kier molecular flexibility index (Phi) is 5.92. The van der Waals surface area contributed by atoms with E-state index in [-0.39, 0.29) is 22.0 Å². The zero-order valence-corrected chi connectivity index (χ0v) is 19.0. The molecule has 0 bridgehead atoms. The number of sulfonamides is 1. The molecule has 0 atom stereocenters. The summed E-state index contributed by atoms with van der Waals surface area (Å²) in [6.07, 6.45) is 0. The van der Waals surface area contributed by atoms with Gasteiger partial charge < -0.3 is 9.26 Å². The van der Waals surface area contributed by atoms with Gasteiger partial charge in [0.25, 0.3) is 15.6 Å². The molecule has 2 heterocycles. The second-order valence-electron chi connectivity index (χ2n) is 7.24. The topological polar surface area (TPSA) is 116 Å². The van der Waals surface area contributed by atoms with E-state index < -0.39 is 27.2 Å². The van der Waals surface area contributed by atoms with E-state index in [1.54, 1.807) is 19.9 Å². The summed E-state index contributed by atoms with van der Waals surface area (Å²) in [7, 11) is -2.98. The third kappa shape index (κ3) is 4.27. The van der Waals surface area contributed by atoms with Crippen LogP contribution in [0.25, 0.3) is 16.9 Å². The average Bonchev–Trinajstić information content (AvgIpc) is 3.14. The van der Waals surface area contributed by atoms with E-state index >= 15 is 0 Å². The number of methoxy groups -OCH3 is 1. The van der Waals surface area contributed by atoms with Crippen molar-refractivity contribution in [3.8, 4) is 22.7 Å². The number of aryl methyl sites for hydroxylation is 2. The van der Waals surface area contributed by atoms with Crippen LogP contribution in [0.5, 0.6) is 5.75 Å². The Morgan fingerprint density at radius 3 is 2.44 bits per heavy atom. The number of anilines is 1. The first kappa shape index (κ1) is 23.1. The monoisotopic (exact) mass is 488 g/mol. The van der Waals surface area contributed by atoms with Crippen LogP contribution in [-0.2, 0) is 10.0 Å². The van der Waals surface area contributed by atoms with Gasteiger partial charge in [0, 0.05) is 17.7 Å². The highest BCUT2D eigenvalue weighted by atomic mass is 32.2. The zero-order chi connectivity index (χ0) is 24.6. The van der Waals surface area contributed by atoms with Gasteiger partial charge in [-0.3, -0.25) is 9.52 Å². The van der Waals surface area contributed by atoms with E-state index in [9.17, 15) is 22.0 Å². The maximum Gasteiger partial charge on any atom is 0.271 e. The fraction of sp³-hybridized carbons (Fsp3) is 0.136. The predicted molar refractivity (Wildman–Crippen MR) is 119 cm³/mol. The van der Waals surface area contributed by atoms with E-state index in [2.05, 4.69) is 15.0 Å². The molecule has 0 aliphatic carbocycles. The van der Waals surface area contributed by atoms with Crippen molar-refractivity contribution in [3.63, 3.8) is 0 Å². The molecule has 0 saturated carbocycles. The summed E-state index contributed by atoms with van der Waals surface area (Å²) in [5.41, 5.74) is 0.876. The second kappa shape index (κ2) is 8.71. The Bertz CT molecular complexity index is 1540. The molecule has 2 aromatic carbocycles. The summed E-state index contributed by atoms with van der Waals surface area (Å²) < 4.78 is 66.5. The van der Waals surface area contributed by atoms with Gasteiger partial charge in [0.2, 0.25) is 0 Å². The van der Waals surface area contributed by atoms with Gasteiger partial charge in [0.05, 0.1) is 18.5 Å². The first-order valence-electron chi connectivity index (χ1n) is 9.80. The van der Waals surface area contributed by atoms with Crippen molar-refractivity contribution in [2.24, 2.45) is 0 Å². The molecule has 0 aliphatic rings. The first-order valence-corrected chi connectivity index (χ1v) is 11.3. The molecule has 12 heteroatoms. The molecule has 0 unspecified atom stereocenters. The third-order valence-electron chi connectivity index (χ3n) is 4.93. The lowest BCUT2D eigenvalue weighted by Crippen LogP contribution is -2.21. The molecule has 176 valence electrons. The molecule has 0 saturated heterocycles. The lowest BCUT2D eigenvalue weighted by Gasteiger charge is -2.14. The van der Waals surface area contributed by atoms with Crippen molar-refractivity contribution in [2.75, 3.05) is 11.8 Å². The summed E-state index contributed by atoms with van der Waals surface area (Å²) in [5.74, 6) is -1.91. The number of aromatic nitrogens is 3. The predicted octanol–water partition coefficient (Wildman–Crippen LogP) is 3.59. The van der Waals surface area contributed by atoms with Crippen molar-refractivity contribution < 1.29 is 26.5 Å². The SMILES string of the molecule is COc1ccc(-c2ccc(=O)n(-c3c(C)noc3C)n2)cc1S(=O)(=O)Nc1ccc(F)c(F)c1. The quantitative estimate of drug-likeness (QED) is 0.441. The van der Waals surface area contributed by atoms with Gasteiger partial charge >= 0.3 is 0 Å². The van der Waals surface area contributed by atoms with Crippen molar-refractivity contribution in [2.45, 2.75) is 18.7 Å². The molecule has 34 heavy (non-hydrogen) atoms. The molecule has 0 spiro atoms. The summed E-state index contributed by atoms with van der Waals surface area (Å²) >= 11 is 0. The van der Waals surface area contributed by atoms with Crippen LogP contribution < -0.4 is 15.0 Å². The van der Waals surface area contributed by atoms with Crippen LogP contribution >= 0.6 is 0 Å². The Morgan fingerprint density at radius 1 is 1.03 bits per heavy atom. The summed E-state index contributed by atoms with van der Waals surface area (Å²) in [6.45, 7) is 3.30. The van der Waals surface area contributed by atoms with E-state index in [1.807, 2.05) is 0 Å². The lowest BCUT2D eigenvalue weighted by atomic mass is 10.1. The van der Waals surface area contributed by atoms with Crippen molar-refractivity contribution in [3.05, 3.63) is 82.0 Å². The van der Waals surface area contributed by atoms with Gasteiger partial charge in [-0.25, -0.2) is 17.2 Å². The number of nitrogens with one attached hydrogen (secondary N) is 1. The Balaban J connectivity index is 1.80. The van der Waals surface area contributed by atoms with Crippen LogP contribution in [0, 0.1) is 25.5 Å². The molecule has 4 aromatic rings.